The number of rotatable bonds is 6. The first kappa shape index (κ1) is 31.3. The van der Waals surface area contributed by atoms with Crippen LogP contribution in [-0.2, 0) is 12.4 Å². The summed E-state index contributed by atoms with van der Waals surface area (Å²) in [6, 6.07) is 2.84. The minimum atomic E-state index is -5.42. The van der Waals surface area contributed by atoms with Gasteiger partial charge in [-0.3, -0.25) is 9.80 Å². The molecule has 4 rings (SSSR count). The Morgan fingerprint density at radius 2 is 1.69 bits per heavy atom. The van der Waals surface area contributed by atoms with Crippen molar-refractivity contribution in [3.05, 3.63) is 53.3 Å². The number of likely N-dealkylation sites (N-methyl/N-ethyl adjacent to an activating group) is 1. The van der Waals surface area contributed by atoms with Gasteiger partial charge in [0.25, 0.3) is 0 Å². The van der Waals surface area contributed by atoms with E-state index in [2.05, 4.69) is 0 Å². The predicted octanol–water partition coefficient (Wildman–Crippen LogP) is 5.59. The van der Waals surface area contributed by atoms with Crippen LogP contribution in [0.25, 0.3) is 0 Å². The SMILES string of the molecule is CC(C)N(C(=O)Oc1c(N2CCN(CC3(O)CCN(C)C3)C2=O)cc(C(F)(F)F)cc1C(F)(F)F)c1ccc(F)cc1. The van der Waals surface area contributed by atoms with Gasteiger partial charge in [-0.25, -0.2) is 14.0 Å². The molecule has 2 heterocycles. The summed E-state index contributed by atoms with van der Waals surface area (Å²) in [5.74, 6) is -1.94. The Kier molecular flexibility index (Phi) is 8.39. The third-order valence-corrected chi connectivity index (χ3v) is 7.10. The van der Waals surface area contributed by atoms with Gasteiger partial charge >= 0.3 is 24.5 Å². The maximum absolute atomic E-state index is 14.2. The molecule has 3 amide bonds. The van der Waals surface area contributed by atoms with Gasteiger partial charge in [0.2, 0.25) is 0 Å². The molecule has 2 aliphatic heterocycles. The van der Waals surface area contributed by atoms with Gasteiger partial charge in [0.05, 0.1) is 23.4 Å². The number of carbonyl (C=O) groups excluding carboxylic acids is 2. The smallest absolute Gasteiger partial charge is 0.407 e. The molecule has 1 N–H and O–H groups in total. The molecule has 2 aromatic rings. The maximum Gasteiger partial charge on any atom is 0.420 e. The van der Waals surface area contributed by atoms with Crippen LogP contribution in [0.15, 0.2) is 36.4 Å². The number of urea groups is 1. The first-order chi connectivity index (χ1) is 19.4. The van der Waals surface area contributed by atoms with Crippen LogP contribution in [0.2, 0.25) is 0 Å². The highest BCUT2D eigenvalue weighted by Gasteiger charge is 2.45. The first-order valence-corrected chi connectivity index (χ1v) is 13.0. The second-order valence-corrected chi connectivity index (χ2v) is 10.7. The standard InChI is InChI=1S/C27H29F7N4O4/c1-16(2)38(19-6-4-18(28)5-7-19)24(40)42-22-20(27(32,33)34)12-17(26(29,30)31)13-21(22)37-11-10-36(23(37)39)15-25(41)8-9-35(3)14-25/h4-7,12-13,16,41H,8-11,14-15H2,1-3H3. The van der Waals surface area contributed by atoms with E-state index in [0.717, 1.165) is 21.9 Å². The molecule has 2 aliphatic rings. The lowest BCUT2D eigenvalue weighted by Crippen LogP contribution is -2.46. The molecule has 0 bridgehead atoms. The topological polar surface area (TPSA) is 76.6 Å². The van der Waals surface area contributed by atoms with Crippen molar-refractivity contribution in [1.82, 2.24) is 9.80 Å². The predicted molar refractivity (Wildman–Crippen MR) is 138 cm³/mol. The molecule has 42 heavy (non-hydrogen) atoms. The number of anilines is 2. The molecule has 230 valence electrons. The molecule has 0 aliphatic carbocycles. The van der Waals surface area contributed by atoms with Crippen molar-refractivity contribution < 1.29 is 50.2 Å². The largest absolute Gasteiger partial charge is 0.420 e. The van der Waals surface area contributed by atoms with E-state index in [1.165, 1.54) is 26.0 Å². The second-order valence-electron chi connectivity index (χ2n) is 10.7. The van der Waals surface area contributed by atoms with Crippen molar-refractivity contribution in [2.45, 2.75) is 44.3 Å². The van der Waals surface area contributed by atoms with Gasteiger partial charge in [0.15, 0.2) is 5.75 Å². The first-order valence-electron chi connectivity index (χ1n) is 13.0. The zero-order valence-electron chi connectivity index (χ0n) is 22.9. The Morgan fingerprint density at radius 1 is 1.05 bits per heavy atom. The highest BCUT2D eigenvalue weighted by Crippen LogP contribution is 2.47. The van der Waals surface area contributed by atoms with Crippen LogP contribution in [0.4, 0.5) is 51.7 Å². The summed E-state index contributed by atoms with van der Waals surface area (Å²) in [6.07, 6.45) is -11.7. The van der Waals surface area contributed by atoms with Crippen LogP contribution < -0.4 is 14.5 Å². The summed E-state index contributed by atoms with van der Waals surface area (Å²) in [6.45, 7) is 3.11. The van der Waals surface area contributed by atoms with Crippen molar-refractivity contribution in [3.8, 4) is 5.75 Å². The Bertz CT molecular complexity index is 1330. The molecule has 1 atom stereocenters. The average Bonchev–Trinajstić information content (AvgIpc) is 3.39. The third-order valence-electron chi connectivity index (χ3n) is 7.10. The van der Waals surface area contributed by atoms with Gasteiger partial charge in [-0.15, -0.1) is 0 Å². The summed E-state index contributed by atoms with van der Waals surface area (Å²) < 4.78 is 103. The monoisotopic (exact) mass is 606 g/mol. The lowest BCUT2D eigenvalue weighted by atomic mass is 10.0. The van der Waals surface area contributed by atoms with Crippen molar-refractivity contribution in [1.29, 1.82) is 0 Å². The van der Waals surface area contributed by atoms with Crippen LogP contribution >= 0.6 is 0 Å². The van der Waals surface area contributed by atoms with E-state index in [1.54, 1.807) is 7.05 Å². The molecule has 2 saturated heterocycles. The van der Waals surface area contributed by atoms with Gasteiger partial charge < -0.3 is 19.6 Å². The number of carbonyl (C=O) groups is 2. The van der Waals surface area contributed by atoms with Gasteiger partial charge in [-0.1, -0.05) is 0 Å². The molecule has 0 saturated carbocycles. The van der Waals surface area contributed by atoms with E-state index < -0.39 is 64.5 Å². The Morgan fingerprint density at radius 3 is 2.21 bits per heavy atom. The minimum Gasteiger partial charge on any atom is -0.407 e. The number of hydrogen-bond acceptors (Lipinski definition) is 5. The number of alkyl halides is 6. The molecule has 1 unspecified atom stereocenters. The highest BCUT2D eigenvalue weighted by molar-refractivity contribution is 5.98. The number of likely N-dealkylation sites (tertiary alicyclic amines) is 1. The molecule has 2 aromatic carbocycles. The number of aliphatic hydroxyl groups is 1. The molecule has 0 spiro atoms. The van der Waals surface area contributed by atoms with Crippen LogP contribution in [0, 0.1) is 5.82 Å². The van der Waals surface area contributed by atoms with Crippen molar-refractivity contribution in [2.75, 3.05) is 49.6 Å². The molecule has 2 fully saturated rings. The lowest BCUT2D eigenvalue weighted by molar-refractivity contribution is -0.143. The summed E-state index contributed by atoms with van der Waals surface area (Å²) in [7, 11) is 1.75. The van der Waals surface area contributed by atoms with E-state index >= 15 is 0 Å². The summed E-state index contributed by atoms with van der Waals surface area (Å²) in [5, 5.41) is 10.9. The molecule has 8 nitrogen and oxygen atoms in total. The Balaban J connectivity index is 1.78. The number of β-amino-alcohol motifs (C(OH)–C–C–N with tert-alkyl or cyclic N) is 1. The number of amides is 3. The summed E-state index contributed by atoms with van der Waals surface area (Å²) >= 11 is 0. The number of nitrogens with zero attached hydrogens (tertiary/aromatic N) is 4. The van der Waals surface area contributed by atoms with E-state index in [1.807, 2.05) is 4.90 Å². The number of benzene rings is 2. The molecule has 0 radical (unpaired) electrons. The zero-order valence-corrected chi connectivity index (χ0v) is 22.9. The highest BCUT2D eigenvalue weighted by atomic mass is 19.4. The Hall–Kier alpha value is -3.59. The van der Waals surface area contributed by atoms with E-state index in [4.69, 9.17) is 4.74 Å². The fraction of sp³-hybridized carbons (Fsp3) is 0.481. The van der Waals surface area contributed by atoms with Crippen molar-refractivity contribution in [3.63, 3.8) is 0 Å². The van der Waals surface area contributed by atoms with Crippen LogP contribution in [0.3, 0.4) is 0 Å². The number of ether oxygens (including phenoxy) is 1. The fourth-order valence-corrected chi connectivity index (χ4v) is 5.14. The van der Waals surface area contributed by atoms with Crippen LogP contribution in [0.1, 0.15) is 31.4 Å². The van der Waals surface area contributed by atoms with Gasteiger partial charge in [-0.2, -0.15) is 26.3 Å². The van der Waals surface area contributed by atoms with Gasteiger partial charge in [-0.05, 0) is 63.7 Å². The van der Waals surface area contributed by atoms with E-state index in [9.17, 15) is 45.4 Å². The third kappa shape index (κ3) is 6.56. The molecular formula is C27H29F7N4O4. The maximum atomic E-state index is 14.2. The molecular weight excluding hydrogens is 577 g/mol. The lowest BCUT2D eigenvalue weighted by Gasteiger charge is -2.30. The minimum absolute atomic E-state index is 0.0524. The molecule has 0 aromatic heterocycles. The normalized spacial score (nSPS) is 20.1. The second kappa shape index (κ2) is 11.2. The fourth-order valence-electron chi connectivity index (χ4n) is 5.14. The quantitative estimate of drug-likeness (QED) is 0.435. The van der Waals surface area contributed by atoms with Gasteiger partial charge in [0.1, 0.15) is 11.4 Å². The van der Waals surface area contributed by atoms with Crippen LogP contribution in [0.5, 0.6) is 5.75 Å². The van der Waals surface area contributed by atoms with Crippen molar-refractivity contribution in [2.24, 2.45) is 0 Å². The van der Waals surface area contributed by atoms with Gasteiger partial charge in [0, 0.05) is 37.9 Å². The summed E-state index contributed by atoms with van der Waals surface area (Å²) in [5.41, 5.74) is -5.78. The zero-order chi connectivity index (χ0) is 31.2. The van der Waals surface area contributed by atoms with E-state index in [0.29, 0.717) is 23.9 Å². The van der Waals surface area contributed by atoms with Crippen LogP contribution in [-0.4, -0.2) is 78.4 Å². The van der Waals surface area contributed by atoms with Crippen molar-refractivity contribution >= 4 is 23.5 Å². The molecule has 15 heteroatoms. The summed E-state index contributed by atoms with van der Waals surface area (Å²) in [4.78, 5) is 31.2. The number of hydrogen-bond donors (Lipinski definition) is 1. The van der Waals surface area contributed by atoms with E-state index in [-0.39, 0.29) is 37.9 Å². The number of halogens is 7. The average molecular weight is 607 g/mol. The Labute approximate surface area is 236 Å².